The van der Waals surface area contributed by atoms with Gasteiger partial charge < -0.3 is 14.3 Å². The largest absolute Gasteiger partial charge is 0.501 e. The van der Waals surface area contributed by atoms with Gasteiger partial charge in [-0.05, 0) is 12.1 Å². The molecule has 11 heavy (non-hydrogen) atoms. The van der Waals surface area contributed by atoms with Crippen molar-refractivity contribution in [1.82, 2.24) is 0 Å². The van der Waals surface area contributed by atoms with E-state index in [-0.39, 0.29) is 11.7 Å². The minimum Gasteiger partial charge on any atom is -0.501 e. The Balaban J connectivity index is 2.66. The first-order valence-corrected chi connectivity index (χ1v) is 3.28. The Morgan fingerprint density at radius 3 is 2.91 bits per heavy atom. The molecule has 2 heterocycles. The molecule has 1 aliphatic rings. The first-order valence-electron chi connectivity index (χ1n) is 3.28. The zero-order chi connectivity index (χ0) is 7.42. The van der Waals surface area contributed by atoms with Crippen LogP contribution in [0.3, 0.4) is 0 Å². The van der Waals surface area contributed by atoms with Crippen LogP contribution in [0.1, 0.15) is 0 Å². The summed E-state index contributed by atoms with van der Waals surface area (Å²) in [5, 5.41) is 10.0. The van der Waals surface area contributed by atoms with Crippen molar-refractivity contribution >= 4 is 11.0 Å². The van der Waals surface area contributed by atoms with Gasteiger partial charge in [-0.15, -0.1) is 0 Å². The standard InChI is InChI=1S/C8H4O3/c9-6-4-2-1-3-5-7(4)11-8(6)10-5/h1-3,9H. The molecule has 0 saturated heterocycles. The van der Waals surface area contributed by atoms with Crippen LogP contribution in [0.25, 0.3) is 11.0 Å². The van der Waals surface area contributed by atoms with Gasteiger partial charge in [0.1, 0.15) is 0 Å². The molecule has 0 aliphatic carbocycles. The third-order valence-electron chi connectivity index (χ3n) is 1.82. The van der Waals surface area contributed by atoms with Gasteiger partial charge in [0, 0.05) is 0 Å². The van der Waals surface area contributed by atoms with Crippen molar-refractivity contribution in [2.75, 3.05) is 0 Å². The van der Waals surface area contributed by atoms with Gasteiger partial charge in [-0.3, -0.25) is 0 Å². The van der Waals surface area contributed by atoms with Crippen LogP contribution in [0.5, 0.6) is 17.4 Å². The normalized spacial score (nSPS) is 12.7. The Labute approximate surface area is 61.8 Å². The van der Waals surface area contributed by atoms with Gasteiger partial charge in [0.15, 0.2) is 11.3 Å². The fourth-order valence-corrected chi connectivity index (χ4v) is 1.31. The van der Waals surface area contributed by atoms with Gasteiger partial charge in [0.05, 0.1) is 5.39 Å². The number of benzene rings is 1. The van der Waals surface area contributed by atoms with Gasteiger partial charge in [-0.25, -0.2) is 0 Å². The summed E-state index contributed by atoms with van der Waals surface area (Å²) in [5.41, 5.74) is 0.639. The summed E-state index contributed by atoms with van der Waals surface area (Å²) in [4.78, 5) is 0. The topological polar surface area (TPSA) is 42.6 Å². The average Bonchev–Trinajstić information content (AvgIpc) is 2.53. The van der Waals surface area contributed by atoms with Crippen molar-refractivity contribution < 1.29 is 14.3 Å². The summed E-state index contributed by atoms with van der Waals surface area (Å²) in [6.45, 7) is 0. The summed E-state index contributed by atoms with van der Waals surface area (Å²) in [5.74, 6) is 1.01. The molecule has 0 spiro atoms. The van der Waals surface area contributed by atoms with Gasteiger partial charge >= 0.3 is 5.95 Å². The summed E-state index contributed by atoms with van der Waals surface area (Å²) >= 11 is 0. The first-order chi connectivity index (χ1) is 5.36. The van der Waals surface area contributed by atoms with Gasteiger partial charge in [0.25, 0.3) is 0 Å². The molecule has 0 unspecified atom stereocenters. The van der Waals surface area contributed by atoms with E-state index in [1.165, 1.54) is 0 Å². The Kier molecular flexibility index (Phi) is 0.619. The fraction of sp³-hybridized carbons (Fsp3) is 0. The molecule has 0 amide bonds. The second-order valence-electron chi connectivity index (χ2n) is 2.47. The van der Waals surface area contributed by atoms with Crippen molar-refractivity contribution in [2.24, 2.45) is 0 Å². The fourth-order valence-electron chi connectivity index (χ4n) is 1.31. The van der Waals surface area contributed by atoms with E-state index in [4.69, 9.17) is 9.15 Å². The minimum absolute atomic E-state index is 0.105. The second-order valence-corrected chi connectivity index (χ2v) is 2.47. The monoisotopic (exact) mass is 148 g/mol. The van der Waals surface area contributed by atoms with Gasteiger partial charge in [-0.1, -0.05) is 6.07 Å². The molecule has 54 valence electrons. The highest BCUT2D eigenvalue weighted by atomic mass is 16.6. The molecule has 3 rings (SSSR count). The lowest BCUT2D eigenvalue weighted by atomic mass is 10.2. The molecule has 1 aromatic carbocycles. The van der Waals surface area contributed by atoms with E-state index >= 15 is 0 Å². The molecular weight excluding hydrogens is 144 g/mol. The molecule has 0 saturated carbocycles. The van der Waals surface area contributed by atoms with E-state index in [1.807, 2.05) is 6.07 Å². The Morgan fingerprint density at radius 1 is 1.27 bits per heavy atom. The van der Waals surface area contributed by atoms with Crippen LogP contribution in [-0.2, 0) is 0 Å². The number of aromatic hydroxyl groups is 1. The Morgan fingerprint density at radius 2 is 2.18 bits per heavy atom. The zero-order valence-corrected chi connectivity index (χ0v) is 5.50. The first kappa shape index (κ1) is 5.07. The highest BCUT2D eigenvalue weighted by molar-refractivity contribution is 5.93. The van der Waals surface area contributed by atoms with Crippen LogP contribution in [0.4, 0.5) is 0 Å². The SMILES string of the molecule is Oc1c2oc3c(cccc13)O2. The summed E-state index contributed by atoms with van der Waals surface area (Å²) in [6.07, 6.45) is 0. The molecule has 0 radical (unpaired) electrons. The lowest BCUT2D eigenvalue weighted by Gasteiger charge is -2.00. The summed E-state index contributed by atoms with van der Waals surface area (Å²) < 4.78 is 10.2. The third-order valence-corrected chi connectivity index (χ3v) is 1.82. The maximum Gasteiger partial charge on any atom is 0.335 e. The van der Waals surface area contributed by atoms with Crippen LogP contribution in [0.2, 0.25) is 0 Å². The summed E-state index contributed by atoms with van der Waals surface area (Å²) in [6, 6.07) is 5.41. The number of ether oxygens (including phenoxy) is 1. The average molecular weight is 148 g/mol. The van der Waals surface area contributed by atoms with E-state index < -0.39 is 0 Å². The molecule has 0 atom stereocenters. The molecule has 3 heteroatoms. The lowest BCUT2D eigenvalue weighted by molar-refractivity contribution is 0.361. The number of furan rings is 1. The second kappa shape index (κ2) is 1.34. The van der Waals surface area contributed by atoms with Gasteiger partial charge in [-0.2, -0.15) is 0 Å². The molecule has 1 N–H and O–H groups in total. The third kappa shape index (κ3) is 0.420. The Bertz CT molecular complexity index is 442. The van der Waals surface area contributed by atoms with E-state index in [0.29, 0.717) is 11.3 Å². The minimum atomic E-state index is 0.105. The molecular formula is C8H4O3. The van der Waals surface area contributed by atoms with Gasteiger partial charge in [0.2, 0.25) is 5.75 Å². The highest BCUT2D eigenvalue weighted by Crippen LogP contribution is 2.49. The predicted molar refractivity (Wildman–Crippen MR) is 38.0 cm³/mol. The smallest absolute Gasteiger partial charge is 0.335 e. The van der Waals surface area contributed by atoms with Crippen molar-refractivity contribution in [1.29, 1.82) is 0 Å². The van der Waals surface area contributed by atoms with Crippen LogP contribution in [0.15, 0.2) is 22.6 Å². The van der Waals surface area contributed by atoms with Crippen molar-refractivity contribution in [2.45, 2.75) is 0 Å². The highest BCUT2D eigenvalue weighted by Gasteiger charge is 2.25. The van der Waals surface area contributed by atoms with Crippen molar-refractivity contribution in [3.05, 3.63) is 18.2 Å². The maximum atomic E-state index is 9.32. The van der Waals surface area contributed by atoms with E-state index in [0.717, 1.165) is 5.39 Å². The van der Waals surface area contributed by atoms with Crippen LogP contribution in [-0.4, -0.2) is 5.11 Å². The molecule has 0 fully saturated rings. The van der Waals surface area contributed by atoms with E-state index in [9.17, 15) is 5.11 Å². The molecule has 2 aromatic rings. The lowest BCUT2D eigenvalue weighted by Crippen LogP contribution is -1.81. The van der Waals surface area contributed by atoms with Crippen LogP contribution in [0, 0.1) is 0 Å². The van der Waals surface area contributed by atoms with Crippen molar-refractivity contribution in [3.8, 4) is 17.4 Å². The number of para-hydroxylation sites is 1. The Hall–Kier alpha value is -1.64. The van der Waals surface area contributed by atoms with Crippen LogP contribution >= 0.6 is 0 Å². The summed E-state index contributed by atoms with van der Waals surface area (Å²) in [7, 11) is 0. The number of hydrogen-bond donors (Lipinski definition) is 1. The van der Waals surface area contributed by atoms with E-state index in [2.05, 4.69) is 0 Å². The van der Waals surface area contributed by atoms with E-state index in [1.54, 1.807) is 12.1 Å². The predicted octanol–water partition coefficient (Wildman–Crippen LogP) is 2.24. The molecule has 2 bridgehead atoms. The van der Waals surface area contributed by atoms with Crippen molar-refractivity contribution in [3.63, 3.8) is 0 Å². The maximum absolute atomic E-state index is 9.32. The molecule has 1 aromatic heterocycles. The molecule has 3 nitrogen and oxygen atoms in total. The molecule has 1 aliphatic heterocycles. The number of fused-ring (bicyclic) bond motifs is 1. The zero-order valence-electron chi connectivity index (χ0n) is 5.50. The quantitative estimate of drug-likeness (QED) is 0.531. The number of rotatable bonds is 0. The van der Waals surface area contributed by atoms with Crippen LogP contribution < -0.4 is 4.74 Å². The number of hydrogen-bond acceptors (Lipinski definition) is 3.